The Labute approximate surface area is 127 Å². The van der Waals surface area contributed by atoms with E-state index in [9.17, 15) is 4.39 Å². The number of thiocarbonyl (C=S) groups is 1. The van der Waals surface area contributed by atoms with E-state index in [-0.39, 0.29) is 10.6 Å². The van der Waals surface area contributed by atoms with E-state index in [0.717, 1.165) is 16.2 Å². The van der Waals surface area contributed by atoms with Gasteiger partial charge >= 0.3 is 0 Å². The van der Waals surface area contributed by atoms with Gasteiger partial charge in [0, 0.05) is 10.5 Å². The van der Waals surface area contributed by atoms with Crippen LogP contribution in [0.1, 0.15) is 11.1 Å². The summed E-state index contributed by atoms with van der Waals surface area (Å²) in [6, 6.07) is 12.4. The van der Waals surface area contributed by atoms with Crippen molar-refractivity contribution in [2.75, 3.05) is 6.26 Å². The summed E-state index contributed by atoms with van der Waals surface area (Å²) in [6.07, 6.45) is 1.99. The molecule has 5 heteroatoms. The normalized spacial score (nSPS) is 10.3. The summed E-state index contributed by atoms with van der Waals surface area (Å²) in [5, 5.41) is 0. The number of thioether (sulfide) groups is 1. The average molecular weight is 307 g/mol. The fraction of sp³-hybridized carbons (Fsp3) is 0.133. The molecular formula is C15H14FNOS2. The van der Waals surface area contributed by atoms with Crippen molar-refractivity contribution in [3.63, 3.8) is 0 Å². The highest BCUT2D eigenvalue weighted by atomic mass is 32.2. The number of hydrogen-bond acceptors (Lipinski definition) is 3. The molecule has 0 amide bonds. The Bertz CT molecular complexity index is 631. The minimum atomic E-state index is -0.411. The first-order chi connectivity index (χ1) is 9.61. The zero-order valence-electron chi connectivity index (χ0n) is 10.9. The van der Waals surface area contributed by atoms with Crippen molar-refractivity contribution in [1.29, 1.82) is 0 Å². The third kappa shape index (κ3) is 3.49. The van der Waals surface area contributed by atoms with E-state index in [1.807, 2.05) is 30.5 Å². The Balaban J connectivity index is 2.15. The van der Waals surface area contributed by atoms with E-state index in [2.05, 4.69) is 0 Å². The van der Waals surface area contributed by atoms with Crippen LogP contribution in [0, 0.1) is 5.82 Å². The lowest BCUT2D eigenvalue weighted by Crippen LogP contribution is -2.12. The van der Waals surface area contributed by atoms with Crippen LogP contribution in [-0.2, 0) is 6.61 Å². The number of para-hydroxylation sites is 1. The lowest BCUT2D eigenvalue weighted by atomic mass is 10.1. The topological polar surface area (TPSA) is 35.2 Å². The first-order valence-electron chi connectivity index (χ1n) is 5.96. The van der Waals surface area contributed by atoms with Crippen LogP contribution in [0.5, 0.6) is 5.75 Å². The molecule has 0 heterocycles. The number of rotatable bonds is 5. The third-order valence-electron chi connectivity index (χ3n) is 2.76. The van der Waals surface area contributed by atoms with Crippen LogP contribution in [0.15, 0.2) is 47.4 Å². The summed E-state index contributed by atoms with van der Waals surface area (Å²) >= 11 is 6.44. The Morgan fingerprint density at radius 2 is 2.05 bits per heavy atom. The molecule has 0 aliphatic heterocycles. The van der Waals surface area contributed by atoms with E-state index in [0.29, 0.717) is 6.61 Å². The molecule has 2 aromatic rings. The van der Waals surface area contributed by atoms with Gasteiger partial charge in [-0.1, -0.05) is 30.4 Å². The van der Waals surface area contributed by atoms with Gasteiger partial charge in [0.2, 0.25) is 0 Å². The largest absolute Gasteiger partial charge is 0.488 e. The number of halogens is 1. The Morgan fingerprint density at radius 3 is 2.75 bits per heavy atom. The molecule has 0 unspecified atom stereocenters. The molecule has 2 nitrogen and oxygen atoms in total. The third-order valence-corrected chi connectivity index (χ3v) is 3.76. The minimum absolute atomic E-state index is 0.0499. The standard InChI is InChI=1S/C15H14FNOS2/c1-20-14-5-3-2-4-13(14)18-9-10-6-7-12(16)11(8-10)15(17)19/h2-8H,9H2,1H3,(H2,17,19). The van der Waals surface area contributed by atoms with Gasteiger partial charge in [0.25, 0.3) is 0 Å². The number of ether oxygens (including phenoxy) is 1. The van der Waals surface area contributed by atoms with E-state index < -0.39 is 5.82 Å². The van der Waals surface area contributed by atoms with Gasteiger partial charge in [0.05, 0.1) is 0 Å². The first kappa shape index (κ1) is 14.8. The lowest BCUT2D eigenvalue weighted by molar-refractivity contribution is 0.299. The van der Waals surface area contributed by atoms with Gasteiger partial charge in [-0.25, -0.2) is 4.39 Å². The van der Waals surface area contributed by atoms with Gasteiger partial charge in [-0.3, -0.25) is 0 Å². The van der Waals surface area contributed by atoms with Gasteiger partial charge in [-0.2, -0.15) is 0 Å². The highest BCUT2D eigenvalue weighted by molar-refractivity contribution is 7.98. The maximum Gasteiger partial charge on any atom is 0.133 e. The second-order valence-electron chi connectivity index (χ2n) is 4.12. The van der Waals surface area contributed by atoms with Crippen LogP contribution < -0.4 is 10.5 Å². The number of hydrogen-bond donors (Lipinski definition) is 1. The summed E-state index contributed by atoms with van der Waals surface area (Å²) in [4.78, 5) is 1.11. The monoisotopic (exact) mass is 307 g/mol. The number of nitrogens with two attached hydrogens (primary N) is 1. The predicted molar refractivity (Wildman–Crippen MR) is 84.8 cm³/mol. The lowest BCUT2D eigenvalue weighted by Gasteiger charge is -2.11. The molecule has 104 valence electrons. The fourth-order valence-corrected chi connectivity index (χ4v) is 2.45. The van der Waals surface area contributed by atoms with Crippen molar-refractivity contribution in [1.82, 2.24) is 0 Å². The average Bonchev–Trinajstić information content (AvgIpc) is 2.46. The summed E-state index contributed by atoms with van der Waals surface area (Å²) < 4.78 is 19.3. The first-order valence-corrected chi connectivity index (χ1v) is 7.59. The SMILES string of the molecule is CSc1ccccc1OCc1ccc(F)c(C(N)=S)c1. The smallest absolute Gasteiger partial charge is 0.133 e. The van der Waals surface area contributed by atoms with Crippen LogP contribution in [0.4, 0.5) is 4.39 Å². The van der Waals surface area contributed by atoms with Crippen LogP contribution >= 0.6 is 24.0 Å². The van der Waals surface area contributed by atoms with Crippen molar-refractivity contribution in [2.45, 2.75) is 11.5 Å². The molecule has 0 atom stereocenters. The molecule has 0 aliphatic rings. The molecule has 0 saturated carbocycles. The maximum absolute atomic E-state index is 13.5. The van der Waals surface area contributed by atoms with Crippen LogP contribution in [0.25, 0.3) is 0 Å². The van der Waals surface area contributed by atoms with E-state index in [1.165, 1.54) is 6.07 Å². The van der Waals surface area contributed by atoms with E-state index in [4.69, 9.17) is 22.7 Å². The molecule has 2 rings (SSSR count). The summed E-state index contributed by atoms with van der Waals surface area (Å²) in [7, 11) is 0. The highest BCUT2D eigenvalue weighted by Crippen LogP contribution is 2.27. The van der Waals surface area contributed by atoms with Gasteiger partial charge in [-0.05, 0) is 36.1 Å². The molecule has 0 radical (unpaired) electrons. The van der Waals surface area contributed by atoms with Crippen LogP contribution in [-0.4, -0.2) is 11.2 Å². The molecule has 0 aliphatic carbocycles. The zero-order valence-corrected chi connectivity index (χ0v) is 12.6. The fourth-order valence-electron chi connectivity index (χ4n) is 1.75. The van der Waals surface area contributed by atoms with E-state index >= 15 is 0 Å². The van der Waals surface area contributed by atoms with Crippen molar-refractivity contribution in [3.8, 4) is 5.75 Å². The Morgan fingerprint density at radius 1 is 1.30 bits per heavy atom. The van der Waals surface area contributed by atoms with Gasteiger partial charge < -0.3 is 10.5 Å². The molecule has 0 saturated heterocycles. The zero-order chi connectivity index (χ0) is 14.5. The molecular weight excluding hydrogens is 293 g/mol. The number of benzene rings is 2. The van der Waals surface area contributed by atoms with E-state index in [1.54, 1.807) is 23.9 Å². The quantitative estimate of drug-likeness (QED) is 0.674. The maximum atomic E-state index is 13.5. The van der Waals surface area contributed by atoms with Gasteiger partial charge in [0.15, 0.2) is 0 Å². The summed E-state index contributed by atoms with van der Waals surface area (Å²) in [5.41, 5.74) is 6.56. The van der Waals surface area contributed by atoms with Gasteiger partial charge in [0.1, 0.15) is 23.2 Å². The molecule has 20 heavy (non-hydrogen) atoms. The van der Waals surface area contributed by atoms with Gasteiger partial charge in [-0.15, -0.1) is 11.8 Å². The summed E-state index contributed by atoms with van der Waals surface area (Å²) in [6.45, 7) is 0.341. The molecule has 0 spiro atoms. The minimum Gasteiger partial charge on any atom is -0.488 e. The Kier molecular flexibility index (Phi) is 4.98. The second-order valence-corrected chi connectivity index (χ2v) is 5.41. The molecule has 0 aromatic heterocycles. The predicted octanol–water partition coefficient (Wildman–Crippen LogP) is 3.76. The van der Waals surface area contributed by atoms with Crippen molar-refractivity contribution < 1.29 is 9.13 Å². The second kappa shape index (κ2) is 6.72. The molecule has 0 bridgehead atoms. The molecule has 2 aromatic carbocycles. The van der Waals surface area contributed by atoms with Crippen molar-refractivity contribution in [3.05, 3.63) is 59.4 Å². The highest BCUT2D eigenvalue weighted by Gasteiger charge is 2.07. The molecule has 0 fully saturated rings. The Hall–Kier alpha value is -1.59. The van der Waals surface area contributed by atoms with Crippen molar-refractivity contribution >= 4 is 29.0 Å². The summed E-state index contributed by atoms with van der Waals surface area (Å²) in [5.74, 6) is 0.395. The molecule has 2 N–H and O–H groups in total. The van der Waals surface area contributed by atoms with Crippen molar-refractivity contribution in [2.24, 2.45) is 5.73 Å². The van der Waals surface area contributed by atoms with Crippen LogP contribution in [0.3, 0.4) is 0 Å². The van der Waals surface area contributed by atoms with Crippen LogP contribution in [0.2, 0.25) is 0 Å².